The number of H-pyrrole nitrogens is 1. The first-order chi connectivity index (χ1) is 15.4. The molecular weight excluding hydrogens is 422 g/mol. The molecule has 2 aromatic carbocycles. The van der Waals surface area contributed by atoms with Crippen LogP contribution in [0.2, 0.25) is 0 Å². The van der Waals surface area contributed by atoms with Crippen LogP contribution in [0, 0.1) is 0 Å². The van der Waals surface area contributed by atoms with E-state index in [0.717, 1.165) is 33.5 Å². The lowest BCUT2D eigenvalue weighted by Crippen LogP contribution is -2.12. The first-order valence-electron chi connectivity index (χ1n) is 10.0. The van der Waals surface area contributed by atoms with E-state index in [1.807, 2.05) is 49.3 Å². The number of nitrogens with one attached hydrogen (secondary N) is 1. The molecule has 32 heavy (non-hydrogen) atoms. The van der Waals surface area contributed by atoms with E-state index in [9.17, 15) is 8.42 Å². The maximum atomic E-state index is 13.4. The number of hydrogen-bond acceptors (Lipinski definition) is 5. The van der Waals surface area contributed by atoms with E-state index in [0.29, 0.717) is 5.65 Å². The van der Waals surface area contributed by atoms with Gasteiger partial charge in [-0.05, 0) is 35.9 Å². The number of pyridine rings is 1. The molecule has 5 rings (SSSR count). The van der Waals surface area contributed by atoms with Gasteiger partial charge in [0.2, 0.25) is 0 Å². The average Bonchev–Trinajstić information content (AvgIpc) is 3.47. The summed E-state index contributed by atoms with van der Waals surface area (Å²) >= 11 is 0. The Balaban J connectivity index is 1.71. The van der Waals surface area contributed by atoms with Gasteiger partial charge in [-0.25, -0.2) is 22.4 Å². The molecule has 0 aliphatic carbocycles. The van der Waals surface area contributed by atoms with Crippen molar-refractivity contribution >= 4 is 26.7 Å². The zero-order chi connectivity index (χ0) is 22.3. The maximum Gasteiger partial charge on any atom is 0.269 e. The minimum atomic E-state index is -3.81. The Kier molecular flexibility index (Phi) is 4.79. The predicted octanol–water partition coefficient (Wildman–Crippen LogP) is 4.40. The van der Waals surface area contributed by atoms with Gasteiger partial charge in [-0.2, -0.15) is 0 Å². The molecule has 160 valence electrons. The highest BCUT2D eigenvalue weighted by molar-refractivity contribution is 7.90. The van der Waals surface area contributed by atoms with Crippen molar-refractivity contribution < 1.29 is 8.42 Å². The van der Waals surface area contributed by atoms with E-state index in [2.05, 4.69) is 15.0 Å². The van der Waals surface area contributed by atoms with Crippen molar-refractivity contribution in [3.8, 4) is 22.4 Å². The number of anilines is 1. The molecule has 0 atom stereocenters. The largest absolute Gasteiger partial charge is 0.378 e. The van der Waals surface area contributed by atoms with Crippen LogP contribution in [0.4, 0.5) is 5.69 Å². The van der Waals surface area contributed by atoms with Gasteiger partial charge in [0.1, 0.15) is 0 Å². The second-order valence-corrected chi connectivity index (χ2v) is 9.47. The number of rotatable bonds is 5. The van der Waals surface area contributed by atoms with Crippen molar-refractivity contribution in [3.05, 3.63) is 85.6 Å². The molecule has 0 spiro atoms. The summed E-state index contributed by atoms with van der Waals surface area (Å²) in [5, 5.41) is 0.725. The predicted molar refractivity (Wildman–Crippen MR) is 126 cm³/mol. The Morgan fingerprint density at radius 1 is 0.938 bits per heavy atom. The van der Waals surface area contributed by atoms with Gasteiger partial charge >= 0.3 is 0 Å². The van der Waals surface area contributed by atoms with Crippen LogP contribution in [0.15, 0.2) is 90.5 Å². The van der Waals surface area contributed by atoms with Gasteiger partial charge in [-0.15, -0.1) is 0 Å². The highest BCUT2D eigenvalue weighted by atomic mass is 32.2. The number of hydrogen-bond donors (Lipinski definition) is 1. The monoisotopic (exact) mass is 443 g/mol. The summed E-state index contributed by atoms with van der Waals surface area (Å²) in [6.07, 6.45) is 6.56. The van der Waals surface area contributed by atoms with E-state index >= 15 is 0 Å². The lowest BCUT2D eigenvalue weighted by atomic mass is 10.0. The SMILES string of the molecule is CN(C)c1ccc(-c2cnc3c(c2)c(-c2cnc[nH]2)cn3S(=O)(=O)c2ccccc2)cc1. The summed E-state index contributed by atoms with van der Waals surface area (Å²) in [6.45, 7) is 0. The number of aromatic amines is 1. The van der Waals surface area contributed by atoms with Crippen molar-refractivity contribution in [2.45, 2.75) is 4.90 Å². The van der Waals surface area contributed by atoms with Crippen LogP contribution >= 0.6 is 0 Å². The van der Waals surface area contributed by atoms with Crippen molar-refractivity contribution in [2.75, 3.05) is 19.0 Å². The minimum absolute atomic E-state index is 0.207. The summed E-state index contributed by atoms with van der Waals surface area (Å²) in [6, 6.07) is 18.5. The Bertz CT molecular complexity index is 1490. The molecule has 0 bridgehead atoms. The molecule has 0 aliphatic rings. The minimum Gasteiger partial charge on any atom is -0.378 e. The zero-order valence-electron chi connectivity index (χ0n) is 17.6. The van der Waals surface area contributed by atoms with Crippen LogP contribution in [0.3, 0.4) is 0 Å². The Labute approximate surface area is 186 Å². The van der Waals surface area contributed by atoms with E-state index in [4.69, 9.17) is 0 Å². The fraction of sp³-hybridized carbons (Fsp3) is 0.0833. The molecule has 0 aliphatic heterocycles. The zero-order valence-corrected chi connectivity index (χ0v) is 18.4. The van der Waals surface area contributed by atoms with Crippen molar-refractivity contribution in [1.82, 2.24) is 18.9 Å². The molecule has 0 amide bonds. The second-order valence-electron chi connectivity index (χ2n) is 7.66. The molecule has 0 unspecified atom stereocenters. The highest BCUT2D eigenvalue weighted by Crippen LogP contribution is 2.34. The molecule has 5 aromatic rings. The van der Waals surface area contributed by atoms with E-state index < -0.39 is 10.0 Å². The van der Waals surface area contributed by atoms with Gasteiger partial charge in [0.15, 0.2) is 5.65 Å². The lowest BCUT2D eigenvalue weighted by Gasteiger charge is -2.12. The van der Waals surface area contributed by atoms with Gasteiger partial charge in [0.25, 0.3) is 10.0 Å². The second kappa shape index (κ2) is 7.65. The van der Waals surface area contributed by atoms with Gasteiger partial charge in [-0.1, -0.05) is 30.3 Å². The summed E-state index contributed by atoms with van der Waals surface area (Å²) in [4.78, 5) is 14.0. The summed E-state index contributed by atoms with van der Waals surface area (Å²) < 4.78 is 28.0. The molecule has 0 saturated heterocycles. The standard InChI is InChI=1S/C24H21N5O2S/c1-28(2)19-10-8-17(9-11-19)18-12-21-22(23-14-25-16-27-23)15-29(24(21)26-13-18)32(30,31)20-6-4-3-5-7-20/h3-16H,1-2H3,(H,25,27). The van der Waals surface area contributed by atoms with Crippen LogP contribution in [-0.4, -0.2) is 41.4 Å². The molecule has 0 saturated carbocycles. The first-order valence-corrected chi connectivity index (χ1v) is 11.5. The average molecular weight is 444 g/mol. The van der Waals surface area contributed by atoms with Crippen molar-refractivity contribution in [1.29, 1.82) is 0 Å². The molecule has 3 aromatic heterocycles. The summed E-state index contributed by atoms with van der Waals surface area (Å²) in [7, 11) is 0.176. The number of aromatic nitrogens is 4. The highest BCUT2D eigenvalue weighted by Gasteiger charge is 2.23. The lowest BCUT2D eigenvalue weighted by molar-refractivity contribution is 0.589. The van der Waals surface area contributed by atoms with Crippen LogP contribution in [0.5, 0.6) is 0 Å². The Morgan fingerprint density at radius 2 is 1.69 bits per heavy atom. The fourth-order valence-corrected chi connectivity index (χ4v) is 5.04. The van der Waals surface area contributed by atoms with E-state index in [1.54, 1.807) is 55.2 Å². The van der Waals surface area contributed by atoms with Crippen molar-refractivity contribution in [2.24, 2.45) is 0 Å². The van der Waals surface area contributed by atoms with Crippen molar-refractivity contribution in [3.63, 3.8) is 0 Å². The van der Waals surface area contributed by atoms with Gasteiger partial charge < -0.3 is 9.88 Å². The molecule has 8 heteroatoms. The Hall–Kier alpha value is -3.91. The van der Waals surface area contributed by atoms with Gasteiger partial charge in [0, 0.05) is 48.7 Å². The van der Waals surface area contributed by atoms with Crippen LogP contribution in [0.25, 0.3) is 33.4 Å². The number of imidazole rings is 1. The van der Waals surface area contributed by atoms with E-state index in [1.165, 1.54) is 3.97 Å². The number of nitrogens with zero attached hydrogens (tertiary/aromatic N) is 4. The quantitative estimate of drug-likeness (QED) is 0.435. The maximum absolute atomic E-state index is 13.4. The van der Waals surface area contributed by atoms with Crippen LogP contribution in [-0.2, 0) is 10.0 Å². The summed E-state index contributed by atoms with van der Waals surface area (Å²) in [5.74, 6) is 0. The van der Waals surface area contributed by atoms with E-state index in [-0.39, 0.29) is 4.90 Å². The molecule has 0 radical (unpaired) electrons. The molecule has 3 heterocycles. The molecular formula is C24H21N5O2S. The third-order valence-corrected chi connectivity index (χ3v) is 7.08. The summed E-state index contributed by atoms with van der Waals surface area (Å²) in [5.41, 5.74) is 4.81. The third-order valence-electron chi connectivity index (χ3n) is 5.42. The topological polar surface area (TPSA) is 83.9 Å². The first kappa shape index (κ1) is 20.0. The van der Waals surface area contributed by atoms with Gasteiger partial charge in [-0.3, -0.25) is 0 Å². The molecule has 1 N–H and O–H groups in total. The Morgan fingerprint density at radius 3 is 2.34 bits per heavy atom. The number of benzene rings is 2. The molecule has 0 fully saturated rings. The molecule has 7 nitrogen and oxygen atoms in total. The third kappa shape index (κ3) is 3.34. The van der Waals surface area contributed by atoms with Crippen LogP contribution in [0.1, 0.15) is 0 Å². The number of fused-ring (bicyclic) bond motifs is 1. The van der Waals surface area contributed by atoms with Gasteiger partial charge in [0.05, 0.1) is 23.1 Å². The smallest absolute Gasteiger partial charge is 0.269 e. The van der Waals surface area contributed by atoms with Crippen LogP contribution < -0.4 is 4.90 Å². The normalized spacial score (nSPS) is 11.7. The fourth-order valence-electron chi connectivity index (χ4n) is 3.70.